The molecule has 0 bridgehead atoms. The Hall–Kier alpha value is -0.280. The normalized spacial score (nSPS) is 39.2. The summed E-state index contributed by atoms with van der Waals surface area (Å²) in [6, 6.07) is 0. The fourth-order valence-corrected chi connectivity index (χ4v) is 10.3. The van der Waals surface area contributed by atoms with E-state index in [4.69, 9.17) is 9.47 Å². The van der Waals surface area contributed by atoms with Crippen molar-refractivity contribution in [1.82, 2.24) is 16.0 Å². The molecule has 48 heavy (non-hydrogen) atoms. The summed E-state index contributed by atoms with van der Waals surface area (Å²) in [5.41, 5.74) is 0. The van der Waals surface area contributed by atoms with Gasteiger partial charge >= 0.3 is 0 Å². The van der Waals surface area contributed by atoms with E-state index in [0.29, 0.717) is 5.92 Å². The van der Waals surface area contributed by atoms with Crippen molar-refractivity contribution in [3.05, 3.63) is 0 Å². The second kappa shape index (κ2) is 21.3. The molecule has 5 rings (SSSR count). The highest BCUT2D eigenvalue weighted by molar-refractivity contribution is 4.99. The number of unbranched alkanes of at least 4 members (excludes halogenated alkanes) is 10. The number of aliphatic hydroxyl groups is 2. The van der Waals surface area contributed by atoms with Crippen LogP contribution in [0.5, 0.6) is 0 Å². The Balaban J connectivity index is 1.13. The fraction of sp³-hybridized carbons (Fsp3) is 1.00. The van der Waals surface area contributed by atoms with E-state index in [1.807, 2.05) is 0 Å². The van der Waals surface area contributed by atoms with Gasteiger partial charge in [-0.3, -0.25) is 16.0 Å². The van der Waals surface area contributed by atoms with Crippen LogP contribution in [0.15, 0.2) is 0 Å². The maximum atomic E-state index is 11.5. The van der Waals surface area contributed by atoms with Crippen LogP contribution < -0.4 is 16.0 Å². The standard InChI is InChI=1S/C41H77N3O4/c1-3-5-7-9-11-15-25-47-33-21-23-35(37(45)28-33)40-42-39(32-20-19-30-17-13-14-18-31(30)27-32)43-41(44-40)36-24-22-34(29-38(36)46)48-26-16-12-10-8-6-4-2/h30-46H,3-29H2,1-2H3. The first-order chi connectivity index (χ1) is 23.6. The molecule has 7 heteroatoms. The summed E-state index contributed by atoms with van der Waals surface area (Å²) in [5.74, 6) is 2.74. The van der Waals surface area contributed by atoms with Crippen molar-refractivity contribution >= 4 is 0 Å². The van der Waals surface area contributed by atoms with Crippen molar-refractivity contribution in [2.75, 3.05) is 13.2 Å². The van der Waals surface area contributed by atoms with Gasteiger partial charge in [0.1, 0.15) is 0 Å². The largest absolute Gasteiger partial charge is 0.393 e. The van der Waals surface area contributed by atoms with E-state index in [-0.39, 0.29) is 54.7 Å². The average Bonchev–Trinajstić information content (AvgIpc) is 3.10. The highest BCUT2D eigenvalue weighted by Gasteiger charge is 2.46. The molecule has 0 radical (unpaired) electrons. The predicted molar refractivity (Wildman–Crippen MR) is 196 cm³/mol. The molecule has 11 atom stereocenters. The monoisotopic (exact) mass is 676 g/mol. The molecule has 1 heterocycles. The van der Waals surface area contributed by atoms with Gasteiger partial charge in [-0.15, -0.1) is 0 Å². The summed E-state index contributed by atoms with van der Waals surface area (Å²) >= 11 is 0. The van der Waals surface area contributed by atoms with Gasteiger partial charge in [-0.25, -0.2) is 0 Å². The van der Waals surface area contributed by atoms with E-state index in [1.54, 1.807) is 0 Å². The second-order valence-corrected chi connectivity index (χ2v) is 16.9. The van der Waals surface area contributed by atoms with Gasteiger partial charge in [0.2, 0.25) is 0 Å². The molecule has 4 saturated carbocycles. The molecule has 1 saturated heterocycles. The zero-order valence-corrected chi connectivity index (χ0v) is 31.2. The lowest BCUT2D eigenvalue weighted by Crippen LogP contribution is -2.74. The molecule has 0 spiro atoms. The van der Waals surface area contributed by atoms with E-state index >= 15 is 0 Å². The average molecular weight is 676 g/mol. The number of aliphatic hydroxyl groups excluding tert-OH is 2. The Bertz CT molecular complexity index is 814. The third kappa shape index (κ3) is 11.9. The molecule has 11 unspecified atom stereocenters. The summed E-state index contributed by atoms with van der Waals surface area (Å²) in [4.78, 5) is 0. The van der Waals surface area contributed by atoms with Crippen molar-refractivity contribution in [2.24, 2.45) is 29.6 Å². The quantitative estimate of drug-likeness (QED) is 0.0882. The van der Waals surface area contributed by atoms with Gasteiger partial charge in [0.15, 0.2) is 0 Å². The van der Waals surface area contributed by atoms with Crippen LogP contribution >= 0.6 is 0 Å². The van der Waals surface area contributed by atoms with Crippen LogP contribution in [0.2, 0.25) is 0 Å². The van der Waals surface area contributed by atoms with Crippen LogP contribution in [0.3, 0.4) is 0 Å². The van der Waals surface area contributed by atoms with Crippen molar-refractivity contribution < 1.29 is 19.7 Å². The Morgan fingerprint density at radius 2 is 0.917 bits per heavy atom. The molecule has 1 aliphatic heterocycles. The lowest BCUT2D eigenvalue weighted by Gasteiger charge is -2.52. The number of fused-ring (bicyclic) bond motifs is 1. The van der Waals surface area contributed by atoms with E-state index in [1.165, 1.54) is 109 Å². The summed E-state index contributed by atoms with van der Waals surface area (Å²) in [6.45, 7) is 6.19. The molecule has 4 aliphatic carbocycles. The molecule has 5 fully saturated rings. The third-order valence-corrected chi connectivity index (χ3v) is 13.3. The molecule has 0 aromatic heterocycles. The predicted octanol–water partition coefficient (Wildman–Crippen LogP) is 8.17. The SMILES string of the molecule is CCCCCCCCOC1CCC(C2NC(C3CCC4CCCCC4C3)NC(C3CCC(OCCCCCCCC)CC3O)N2)C(O)C1. The van der Waals surface area contributed by atoms with E-state index in [2.05, 4.69) is 29.8 Å². The van der Waals surface area contributed by atoms with Gasteiger partial charge in [-0.05, 0) is 88.4 Å². The smallest absolute Gasteiger partial charge is 0.0649 e. The van der Waals surface area contributed by atoms with Crippen molar-refractivity contribution in [1.29, 1.82) is 0 Å². The first-order valence-corrected chi connectivity index (χ1v) is 21.4. The Morgan fingerprint density at radius 3 is 1.44 bits per heavy atom. The summed E-state index contributed by atoms with van der Waals surface area (Å²) < 4.78 is 12.6. The van der Waals surface area contributed by atoms with E-state index < -0.39 is 0 Å². The second-order valence-electron chi connectivity index (χ2n) is 16.9. The first-order valence-electron chi connectivity index (χ1n) is 21.4. The van der Waals surface area contributed by atoms with Crippen LogP contribution in [0.25, 0.3) is 0 Å². The van der Waals surface area contributed by atoms with Crippen LogP contribution in [0, 0.1) is 29.6 Å². The molecule has 7 nitrogen and oxygen atoms in total. The van der Waals surface area contributed by atoms with Gasteiger partial charge in [-0.1, -0.05) is 104 Å². The maximum Gasteiger partial charge on any atom is 0.0649 e. The van der Waals surface area contributed by atoms with Crippen LogP contribution in [-0.4, -0.2) is 66.3 Å². The summed E-state index contributed by atoms with van der Waals surface area (Å²) in [6.07, 6.45) is 30.4. The minimum Gasteiger partial charge on any atom is -0.393 e. The number of nitrogens with one attached hydrogen (secondary N) is 3. The van der Waals surface area contributed by atoms with E-state index in [0.717, 1.165) is 76.4 Å². The highest BCUT2D eigenvalue weighted by atomic mass is 16.5. The molecule has 0 aromatic rings. The van der Waals surface area contributed by atoms with Gasteiger partial charge in [0, 0.05) is 25.0 Å². The number of rotatable bonds is 19. The molecular weight excluding hydrogens is 598 g/mol. The van der Waals surface area contributed by atoms with Gasteiger partial charge in [0.25, 0.3) is 0 Å². The maximum absolute atomic E-state index is 11.5. The Morgan fingerprint density at radius 1 is 0.458 bits per heavy atom. The van der Waals surface area contributed by atoms with Gasteiger partial charge in [-0.2, -0.15) is 0 Å². The molecular formula is C41H77N3O4. The fourth-order valence-electron chi connectivity index (χ4n) is 10.3. The van der Waals surface area contributed by atoms with Crippen LogP contribution in [-0.2, 0) is 9.47 Å². The Labute approximate surface area is 295 Å². The third-order valence-electron chi connectivity index (χ3n) is 13.3. The summed E-state index contributed by atoms with van der Waals surface area (Å²) in [5, 5.41) is 35.1. The molecule has 0 amide bonds. The van der Waals surface area contributed by atoms with E-state index in [9.17, 15) is 10.2 Å². The Kier molecular flexibility index (Phi) is 17.3. The molecule has 5 aliphatic rings. The minimum absolute atomic E-state index is 0.0497. The van der Waals surface area contributed by atoms with Gasteiger partial charge in [0.05, 0.1) is 42.9 Å². The van der Waals surface area contributed by atoms with Gasteiger partial charge < -0.3 is 19.7 Å². The molecule has 5 N–H and O–H groups in total. The lowest BCUT2D eigenvalue weighted by atomic mass is 9.66. The topological polar surface area (TPSA) is 95.0 Å². The number of hydrogen-bond acceptors (Lipinski definition) is 7. The van der Waals surface area contributed by atoms with Crippen LogP contribution in [0.4, 0.5) is 0 Å². The zero-order chi connectivity index (χ0) is 33.6. The first kappa shape index (κ1) is 38.9. The van der Waals surface area contributed by atoms with Crippen molar-refractivity contribution in [3.63, 3.8) is 0 Å². The number of hydrogen-bond donors (Lipinski definition) is 5. The number of ether oxygens (including phenoxy) is 2. The lowest BCUT2D eigenvalue weighted by molar-refractivity contribution is -0.0789. The minimum atomic E-state index is -0.372. The highest BCUT2D eigenvalue weighted by Crippen LogP contribution is 2.44. The van der Waals surface area contributed by atoms with Crippen molar-refractivity contribution in [2.45, 2.75) is 217 Å². The molecule has 0 aromatic carbocycles. The van der Waals surface area contributed by atoms with Crippen LogP contribution in [0.1, 0.15) is 174 Å². The zero-order valence-electron chi connectivity index (χ0n) is 31.2. The summed E-state index contributed by atoms with van der Waals surface area (Å²) in [7, 11) is 0. The van der Waals surface area contributed by atoms with Crippen molar-refractivity contribution in [3.8, 4) is 0 Å². The molecule has 280 valence electrons.